The van der Waals surface area contributed by atoms with Crippen LogP contribution in [0.15, 0.2) is 76.4 Å². The number of ether oxygens (including phenoxy) is 1. The first kappa shape index (κ1) is 23.2. The van der Waals surface area contributed by atoms with Gasteiger partial charge in [0.25, 0.3) is 5.56 Å². The van der Waals surface area contributed by atoms with Gasteiger partial charge in [-0.3, -0.25) is 4.79 Å². The molecule has 0 unspecified atom stereocenters. The highest BCUT2D eigenvalue weighted by Gasteiger charge is 2.30. The Labute approximate surface area is 205 Å². The van der Waals surface area contributed by atoms with Crippen molar-refractivity contribution >= 4 is 38.5 Å². The van der Waals surface area contributed by atoms with Gasteiger partial charge in [-0.25, -0.2) is 13.2 Å². The van der Waals surface area contributed by atoms with Gasteiger partial charge in [-0.05, 0) is 47.9 Å². The normalized spacial score (nSPS) is 14.0. The number of sulfonamides is 1. The molecule has 3 aromatic carbocycles. The van der Waals surface area contributed by atoms with E-state index < -0.39 is 28.3 Å². The summed E-state index contributed by atoms with van der Waals surface area (Å²) in [5, 5.41) is 8.05. The monoisotopic (exact) mass is 510 g/mol. The highest BCUT2D eigenvalue weighted by atomic mass is 35.5. The van der Waals surface area contributed by atoms with Crippen LogP contribution in [-0.4, -0.2) is 40.2 Å². The van der Waals surface area contributed by atoms with Gasteiger partial charge in [-0.15, -0.1) is 5.10 Å². The number of fused-ring (bicyclic) bond motifs is 2. The van der Waals surface area contributed by atoms with Crippen molar-refractivity contribution in [3.8, 4) is 0 Å². The Balaban J connectivity index is 1.37. The molecule has 0 N–H and O–H groups in total. The quantitative estimate of drug-likeness (QED) is 0.379. The molecule has 0 atom stereocenters. The summed E-state index contributed by atoms with van der Waals surface area (Å²) in [6.07, 6.45) is 0.580. The molecular weight excluding hydrogens is 492 g/mol. The van der Waals surface area contributed by atoms with Crippen molar-refractivity contribution < 1.29 is 17.9 Å². The predicted molar refractivity (Wildman–Crippen MR) is 128 cm³/mol. The van der Waals surface area contributed by atoms with Crippen molar-refractivity contribution in [2.75, 3.05) is 6.54 Å². The number of carbonyl (C=O) groups excluding carboxylic acids is 1. The predicted octanol–water partition coefficient (Wildman–Crippen LogP) is 3.01. The second-order valence-corrected chi connectivity index (χ2v) is 10.3. The number of rotatable bonds is 5. The largest absolute Gasteiger partial charge is 0.439 e. The molecule has 1 aliphatic heterocycles. The van der Waals surface area contributed by atoms with Gasteiger partial charge in [0.15, 0.2) is 6.73 Å². The Kier molecular flexibility index (Phi) is 6.10. The molecule has 2 heterocycles. The average molecular weight is 511 g/mol. The van der Waals surface area contributed by atoms with Gasteiger partial charge in [0.2, 0.25) is 10.0 Å². The van der Waals surface area contributed by atoms with Crippen LogP contribution < -0.4 is 5.56 Å². The van der Waals surface area contributed by atoms with Crippen LogP contribution in [0.3, 0.4) is 0 Å². The van der Waals surface area contributed by atoms with Crippen LogP contribution in [0.4, 0.5) is 0 Å². The van der Waals surface area contributed by atoms with E-state index in [1.807, 2.05) is 24.3 Å². The summed E-state index contributed by atoms with van der Waals surface area (Å²) in [5.41, 5.74) is 1.97. The first-order valence-corrected chi connectivity index (χ1v) is 12.5. The first-order valence-electron chi connectivity index (χ1n) is 10.7. The molecule has 0 fully saturated rings. The number of benzene rings is 3. The standard InChI is InChI=1S/C24H19ClN4O5S/c25-20-10-9-17(24(31)34-15-29-23(30)19-7-3-4-8-21(19)26-27-29)13-22(20)35(32,33)28-12-11-16-5-1-2-6-18(16)14-28/h1-10,13H,11-12,14-15H2. The Bertz CT molecular complexity index is 1620. The maximum Gasteiger partial charge on any atom is 0.339 e. The lowest BCUT2D eigenvalue weighted by molar-refractivity contribution is 0.0336. The fraction of sp³-hybridized carbons (Fsp3) is 0.167. The highest BCUT2D eigenvalue weighted by molar-refractivity contribution is 7.89. The summed E-state index contributed by atoms with van der Waals surface area (Å²) in [6, 6.07) is 18.2. The number of halogens is 1. The lowest BCUT2D eigenvalue weighted by Gasteiger charge is -2.28. The van der Waals surface area contributed by atoms with E-state index in [2.05, 4.69) is 10.3 Å². The number of hydrogen-bond donors (Lipinski definition) is 0. The second-order valence-electron chi connectivity index (χ2n) is 7.97. The third-order valence-electron chi connectivity index (χ3n) is 5.83. The van der Waals surface area contributed by atoms with Crippen LogP contribution >= 0.6 is 11.6 Å². The first-order chi connectivity index (χ1) is 16.8. The van der Waals surface area contributed by atoms with Crippen LogP contribution in [0.25, 0.3) is 10.9 Å². The molecule has 11 heteroatoms. The molecule has 178 valence electrons. The van der Waals surface area contributed by atoms with E-state index in [0.29, 0.717) is 23.9 Å². The minimum atomic E-state index is -3.97. The summed E-state index contributed by atoms with van der Waals surface area (Å²) >= 11 is 6.23. The number of carbonyl (C=O) groups is 1. The number of nitrogens with zero attached hydrogens (tertiary/aromatic N) is 4. The zero-order valence-corrected chi connectivity index (χ0v) is 19.9. The van der Waals surface area contributed by atoms with E-state index in [1.54, 1.807) is 24.3 Å². The maximum atomic E-state index is 13.4. The minimum Gasteiger partial charge on any atom is -0.439 e. The minimum absolute atomic E-state index is 0.00276. The summed E-state index contributed by atoms with van der Waals surface area (Å²) < 4.78 is 34.2. The topological polar surface area (TPSA) is 111 Å². The van der Waals surface area contributed by atoms with Crippen molar-refractivity contribution in [3.05, 3.63) is 98.8 Å². The summed E-state index contributed by atoms with van der Waals surface area (Å²) in [7, 11) is -3.97. The van der Waals surface area contributed by atoms with Crippen molar-refractivity contribution in [1.29, 1.82) is 0 Å². The molecule has 4 aromatic rings. The zero-order valence-electron chi connectivity index (χ0n) is 18.3. The summed E-state index contributed by atoms with van der Waals surface area (Å²) in [5.74, 6) is -0.830. The molecule has 1 aromatic heterocycles. The fourth-order valence-corrected chi connectivity index (χ4v) is 5.87. The van der Waals surface area contributed by atoms with Crippen LogP contribution in [0, 0.1) is 0 Å². The van der Waals surface area contributed by atoms with Gasteiger partial charge in [-0.2, -0.15) is 8.99 Å². The van der Waals surface area contributed by atoms with E-state index in [9.17, 15) is 18.0 Å². The molecule has 0 saturated heterocycles. The molecule has 0 radical (unpaired) electrons. The Morgan fingerprint density at radius 1 is 1.03 bits per heavy atom. The van der Waals surface area contributed by atoms with Crippen molar-refractivity contribution in [1.82, 2.24) is 19.3 Å². The van der Waals surface area contributed by atoms with E-state index in [1.165, 1.54) is 22.5 Å². The van der Waals surface area contributed by atoms with Crippen LogP contribution in [0.2, 0.25) is 5.02 Å². The molecule has 0 amide bonds. The van der Waals surface area contributed by atoms with Gasteiger partial charge >= 0.3 is 5.97 Å². The van der Waals surface area contributed by atoms with E-state index in [0.717, 1.165) is 15.8 Å². The maximum absolute atomic E-state index is 13.4. The van der Waals surface area contributed by atoms with E-state index in [-0.39, 0.29) is 22.0 Å². The molecule has 0 saturated carbocycles. The van der Waals surface area contributed by atoms with Crippen molar-refractivity contribution in [2.45, 2.75) is 24.6 Å². The number of hydrogen-bond acceptors (Lipinski definition) is 7. The van der Waals surface area contributed by atoms with Crippen molar-refractivity contribution in [2.24, 2.45) is 0 Å². The van der Waals surface area contributed by atoms with E-state index in [4.69, 9.17) is 16.3 Å². The van der Waals surface area contributed by atoms with Crippen LogP contribution in [-0.2, 0) is 34.5 Å². The molecule has 0 aliphatic carbocycles. The van der Waals surface area contributed by atoms with Gasteiger partial charge < -0.3 is 4.74 Å². The summed E-state index contributed by atoms with van der Waals surface area (Å²) in [4.78, 5) is 25.0. The lowest BCUT2D eigenvalue weighted by Crippen LogP contribution is -2.36. The Morgan fingerprint density at radius 3 is 2.60 bits per heavy atom. The van der Waals surface area contributed by atoms with Gasteiger partial charge in [0.05, 0.1) is 16.0 Å². The Morgan fingerprint density at radius 2 is 1.77 bits per heavy atom. The van der Waals surface area contributed by atoms with Gasteiger partial charge in [-0.1, -0.05) is 53.2 Å². The van der Waals surface area contributed by atoms with Crippen LogP contribution in [0.5, 0.6) is 0 Å². The molecule has 1 aliphatic rings. The fourth-order valence-electron chi connectivity index (χ4n) is 3.95. The van der Waals surface area contributed by atoms with E-state index >= 15 is 0 Å². The lowest BCUT2D eigenvalue weighted by atomic mass is 10.0. The number of esters is 1. The Hall–Kier alpha value is -3.60. The smallest absolute Gasteiger partial charge is 0.339 e. The summed E-state index contributed by atoms with van der Waals surface area (Å²) in [6.45, 7) is 0.0318. The molecule has 9 nitrogen and oxygen atoms in total. The van der Waals surface area contributed by atoms with Crippen molar-refractivity contribution in [3.63, 3.8) is 0 Å². The van der Waals surface area contributed by atoms with Gasteiger partial charge in [0, 0.05) is 13.1 Å². The van der Waals surface area contributed by atoms with Gasteiger partial charge in [0.1, 0.15) is 10.4 Å². The third kappa shape index (κ3) is 4.43. The molecule has 0 spiro atoms. The third-order valence-corrected chi connectivity index (χ3v) is 8.15. The molecule has 35 heavy (non-hydrogen) atoms. The zero-order chi connectivity index (χ0) is 24.6. The molecule has 5 rings (SSSR count). The SMILES string of the molecule is O=C(OCn1nnc2ccccc2c1=O)c1ccc(Cl)c(S(=O)(=O)N2CCc3ccccc3C2)c1. The number of aromatic nitrogens is 3. The highest BCUT2D eigenvalue weighted by Crippen LogP contribution is 2.30. The average Bonchev–Trinajstić information content (AvgIpc) is 2.88. The molecule has 0 bridgehead atoms. The molecular formula is C24H19ClN4O5S. The second kappa shape index (κ2) is 9.21. The van der Waals surface area contributed by atoms with Crippen LogP contribution in [0.1, 0.15) is 21.5 Å².